The second-order valence-corrected chi connectivity index (χ2v) is 4.04. The molecule has 0 aliphatic carbocycles. The molecule has 0 saturated heterocycles. The van der Waals surface area contributed by atoms with Crippen LogP contribution in [-0.4, -0.2) is 44.6 Å². The predicted molar refractivity (Wildman–Crippen MR) is 65.9 cm³/mol. The van der Waals surface area contributed by atoms with Crippen molar-refractivity contribution < 1.29 is 4.74 Å². The third-order valence-corrected chi connectivity index (χ3v) is 2.70. The van der Waals surface area contributed by atoms with Gasteiger partial charge in [0.25, 0.3) is 0 Å². The molecule has 0 spiro atoms. The Balaban J connectivity index is 1.93. The van der Waals surface area contributed by atoms with Crippen LogP contribution in [0.1, 0.15) is 11.5 Å². The fourth-order valence-corrected chi connectivity index (χ4v) is 1.63. The molecule has 0 radical (unpaired) electrons. The smallest absolute Gasteiger partial charge is 0.152 e. The van der Waals surface area contributed by atoms with Gasteiger partial charge in [-0.15, -0.1) is 10.2 Å². The van der Waals surface area contributed by atoms with Crippen LogP contribution in [0.5, 0.6) is 0 Å². The van der Waals surface area contributed by atoms with E-state index in [2.05, 4.69) is 25.1 Å². The topological polar surface area (TPSA) is 69.8 Å². The molecule has 18 heavy (non-hydrogen) atoms. The Morgan fingerprint density at radius 2 is 2.28 bits per heavy atom. The highest BCUT2D eigenvalue weighted by molar-refractivity contribution is 5.01. The van der Waals surface area contributed by atoms with Crippen molar-refractivity contribution in [2.24, 2.45) is 7.05 Å². The third-order valence-electron chi connectivity index (χ3n) is 2.70. The van der Waals surface area contributed by atoms with E-state index < -0.39 is 0 Å². The molecule has 0 bridgehead atoms. The van der Waals surface area contributed by atoms with Crippen molar-refractivity contribution in [3.05, 3.63) is 30.4 Å². The summed E-state index contributed by atoms with van der Waals surface area (Å²) in [5.74, 6) is 0.908. The van der Waals surface area contributed by atoms with Crippen molar-refractivity contribution in [3.63, 3.8) is 0 Å². The monoisotopic (exact) mass is 250 g/mol. The van der Waals surface area contributed by atoms with Gasteiger partial charge in [-0.3, -0.25) is 0 Å². The zero-order valence-electron chi connectivity index (χ0n) is 10.7. The van der Waals surface area contributed by atoms with Gasteiger partial charge in [0.05, 0.1) is 25.2 Å². The molecule has 0 unspecified atom stereocenters. The molecule has 0 aliphatic rings. The van der Waals surface area contributed by atoms with E-state index in [4.69, 9.17) is 4.74 Å². The maximum Gasteiger partial charge on any atom is 0.152 e. The zero-order valence-corrected chi connectivity index (χ0v) is 10.7. The lowest BCUT2D eigenvalue weighted by Gasteiger charge is -2.08. The van der Waals surface area contributed by atoms with E-state index in [1.54, 1.807) is 13.4 Å². The molecule has 2 rings (SSSR count). The average Bonchev–Trinajstić information content (AvgIpc) is 2.96. The molecule has 0 aliphatic heterocycles. The Hall–Kier alpha value is -1.73. The Bertz CT molecular complexity index is 477. The number of hydrogen-bond acceptors (Lipinski definition) is 5. The number of methoxy groups -OCH3 is 1. The number of rotatable bonds is 7. The number of aryl methyl sites for hydroxylation is 1. The Kier molecular flexibility index (Phi) is 4.43. The minimum atomic E-state index is 0.678. The molecule has 0 aromatic carbocycles. The predicted octanol–water partition coefficient (Wildman–Crippen LogP) is -0.204. The van der Waals surface area contributed by atoms with Crippen LogP contribution >= 0.6 is 0 Å². The van der Waals surface area contributed by atoms with Gasteiger partial charge < -0.3 is 19.2 Å². The number of aromatic nitrogens is 5. The van der Waals surface area contributed by atoms with E-state index in [-0.39, 0.29) is 0 Å². The number of hydrogen-bond donors (Lipinski definition) is 1. The van der Waals surface area contributed by atoms with Crippen LogP contribution < -0.4 is 5.32 Å². The lowest BCUT2D eigenvalue weighted by Crippen LogP contribution is -2.20. The molecule has 2 aromatic rings. The molecular weight excluding hydrogens is 232 g/mol. The van der Waals surface area contributed by atoms with Crippen LogP contribution in [0.25, 0.3) is 0 Å². The van der Waals surface area contributed by atoms with Crippen LogP contribution in [0.2, 0.25) is 0 Å². The third kappa shape index (κ3) is 3.14. The van der Waals surface area contributed by atoms with Gasteiger partial charge in [0.1, 0.15) is 6.33 Å². The molecular formula is C11H18N6O. The SMILES string of the molecule is COCCNCc1cncn1Cc1nncn1C. The van der Waals surface area contributed by atoms with Crippen LogP contribution in [-0.2, 0) is 24.9 Å². The second kappa shape index (κ2) is 6.27. The second-order valence-electron chi connectivity index (χ2n) is 4.04. The summed E-state index contributed by atoms with van der Waals surface area (Å²) < 4.78 is 8.95. The van der Waals surface area contributed by atoms with Crippen molar-refractivity contribution in [2.75, 3.05) is 20.3 Å². The highest BCUT2D eigenvalue weighted by Gasteiger charge is 2.06. The molecule has 98 valence electrons. The quantitative estimate of drug-likeness (QED) is 0.689. The molecule has 7 nitrogen and oxygen atoms in total. The Morgan fingerprint density at radius 1 is 1.39 bits per heavy atom. The van der Waals surface area contributed by atoms with Gasteiger partial charge in [-0.05, 0) is 0 Å². The summed E-state index contributed by atoms with van der Waals surface area (Å²) >= 11 is 0. The first-order valence-corrected chi connectivity index (χ1v) is 5.83. The van der Waals surface area contributed by atoms with Gasteiger partial charge in [0.2, 0.25) is 0 Å². The van der Waals surface area contributed by atoms with Gasteiger partial charge in [0.15, 0.2) is 5.82 Å². The van der Waals surface area contributed by atoms with E-state index in [1.807, 2.05) is 24.1 Å². The normalized spacial score (nSPS) is 11.0. The van der Waals surface area contributed by atoms with Gasteiger partial charge in [-0.25, -0.2) is 4.98 Å². The first-order valence-electron chi connectivity index (χ1n) is 5.83. The van der Waals surface area contributed by atoms with E-state index in [1.165, 1.54) is 0 Å². The van der Waals surface area contributed by atoms with Crippen molar-refractivity contribution >= 4 is 0 Å². The highest BCUT2D eigenvalue weighted by Crippen LogP contribution is 2.03. The van der Waals surface area contributed by atoms with E-state index in [9.17, 15) is 0 Å². The lowest BCUT2D eigenvalue weighted by atomic mass is 10.4. The van der Waals surface area contributed by atoms with Crippen LogP contribution in [0, 0.1) is 0 Å². The summed E-state index contributed by atoms with van der Waals surface area (Å²) in [5.41, 5.74) is 1.12. The van der Waals surface area contributed by atoms with Gasteiger partial charge >= 0.3 is 0 Å². The van der Waals surface area contributed by atoms with Gasteiger partial charge in [-0.1, -0.05) is 0 Å². The average molecular weight is 250 g/mol. The van der Waals surface area contributed by atoms with E-state index >= 15 is 0 Å². The fraction of sp³-hybridized carbons (Fsp3) is 0.545. The molecule has 0 saturated carbocycles. The summed E-state index contributed by atoms with van der Waals surface area (Å²) in [4.78, 5) is 4.17. The molecule has 0 amide bonds. The minimum Gasteiger partial charge on any atom is -0.383 e. The lowest BCUT2D eigenvalue weighted by molar-refractivity contribution is 0.199. The molecule has 7 heteroatoms. The summed E-state index contributed by atoms with van der Waals surface area (Å²) in [6, 6.07) is 0. The first kappa shape index (κ1) is 12.7. The van der Waals surface area contributed by atoms with Crippen molar-refractivity contribution in [1.29, 1.82) is 0 Å². The van der Waals surface area contributed by atoms with Crippen LogP contribution in [0.4, 0.5) is 0 Å². The van der Waals surface area contributed by atoms with Crippen LogP contribution in [0.15, 0.2) is 18.9 Å². The fourth-order valence-electron chi connectivity index (χ4n) is 1.63. The summed E-state index contributed by atoms with van der Waals surface area (Å²) in [5, 5.41) is 11.2. The zero-order chi connectivity index (χ0) is 12.8. The standard InChI is InChI=1S/C11H18N6O/c1-16-9-14-15-11(16)7-17-8-13-6-10(17)5-12-3-4-18-2/h6,8-9,12H,3-5,7H2,1-2H3. The first-order chi connectivity index (χ1) is 8.81. The van der Waals surface area contributed by atoms with Crippen molar-refractivity contribution in [1.82, 2.24) is 29.6 Å². The summed E-state index contributed by atoms with van der Waals surface area (Å²) in [6.45, 7) is 2.97. The minimum absolute atomic E-state index is 0.678. The molecule has 2 aromatic heterocycles. The number of nitrogens with zero attached hydrogens (tertiary/aromatic N) is 5. The van der Waals surface area contributed by atoms with Gasteiger partial charge in [0, 0.05) is 33.4 Å². The number of nitrogens with one attached hydrogen (secondary N) is 1. The molecule has 0 atom stereocenters. The van der Waals surface area contributed by atoms with Gasteiger partial charge in [-0.2, -0.15) is 0 Å². The molecule has 1 N–H and O–H groups in total. The van der Waals surface area contributed by atoms with Crippen molar-refractivity contribution in [2.45, 2.75) is 13.1 Å². The maximum atomic E-state index is 4.99. The van der Waals surface area contributed by atoms with Crippen LogP contribution in [0.3, 0.4) is 0 Å². The highest BCUT2D eigenvalue weighted by atomic mass is 16.5. The Labute approximate surface area is 106 Å². The number of ether oxygens (including phenoxy) is 1. The summed E-state index contributed by atoms with van der Waals surface area (Å²) in [6.07, 6.45) is 5.36. The largest absolute Gasteiger partial charge is 0.383 e. The Morgan fingerprint density at radius 3 is 3.00 bits per heavy atom. The van der Waals surface area contributed by atoms with E-state index in [0.29, 0.717) is 13.2 Å². The summed E-state index contributed by atoms with van der Waals surface area (Å²) in [7, 11) is 3.63. The maximum absolute atomic E-state index is 4.99. The molecule has 2 heterocycles. The molecule has 0 fully saturated rings. The van der Waals surface area contributed by atoms with E-state index in [0.717, 1.165) is 24.6 Å². The van der Waals surface area contributed by atoms with Crippen molar-refractivity contribution in [3.8, 4) is 0 Å². The number of imidazole rings is 1.